The van der Waals surface area contributed by atoms with Crippen molar-refractivity contribution in [2.45, 2.75) is 45.4 Å². The van der Waals surface area contributed by atoms with E-state index in [1.54, 1.807) is 11.3 Å². The second-order valence-corrected chi connectivity index (χ2v) is 5.97. The summed E-state index contributed by atoms with van der Waals surface area (Å²) in [4.78, 5) is 4.55. The molecule has 0 unspecified atom stereocenters. The number of aryl methyl sites for hydroxylation is 1. The molecule has 1 fully saturated rings. The van der Waals surface area contributed by atoms with Crippen molar-refractivity contribution < 1.29 is 0 Å². The maximum Gasteiger partial charge on any atom is 0.182 e. The van der Waals surface area contributed by atoms with Gasteiger partial charge in [-0.1, -0.05) is 26.2 Å². The Morgan fingerprint density at radius 3 is 2.76 bits per heavy atom. The monoisotopic (exact) mass is 253 g/mol. The number of aromatic nitrogens is 1. The SMILES string of the molecule is CCc1csc(NCC2(CN)CCCCC2)n1. The van der Waals surface area contributed by atoms with Gasteiger partial charge in [-0.3, -0.25) is 0 Å². The van der Waals surface area contributed by atoms with Gasteiger partial charge in [0.15, 0.2) is 5.13 Å². The highest BCUT2D eigenvalue weighted by Gasteiger charge is 2.30. The minimum Gasteiger partial charge on any atom is -0.361 e. The molecule has 0 spiro atoms. The van der Waals surface area contributed by atoms with Gasteiger partial charge in [-0.05, 0) is 31.2 Å². The first-order valence-electron chi connectivity index (χ1n) is 6.66. The minimum atomic E-state index is 0.316. The summed E-state index contributed by atoms with van der Waals surface area (Å²) in [6, 6.07) is 0. The van der Waals surface area contributed by atoms with Gasteiger partial charge in [-0.15, -0.1) is 11.3 Å². The number of hydrogen-bond donors (Lipinski definition) is 2. The number of anilines is 1. The molecule has 0 radical (unpaired) electrons. The molecule has 0 amide bonds. The number of nitrogens with two attached hydrogens (primary N) is 1. The van der Waals surface area contributed by atoms with Gasteiger partial charge in [0, 0.05) is 11.9 Å². The van der Waals surface area contributed by atoms with Gasteiger partial charge in [0.25, 0.3) is 0 Å². The molecule has 1 aromatic rings. The number of thiazole rings is 1. The standard InChI is InChI=1S/C13H23N3S/c1-2-11-8-17-12(16-11)15-10-13(9-14)6-4-3-5-7-13/h8H,2-7,9-10,14H2,1H3,(H,15,16). The van der Waals surface area contributed by atoms with Crippen LogP contribution in [-0.2, 0) is 6.42 Å². The third-order valence-corrected chi connectivity index (χ3v) is 4.72. The predicted octanol–water partition coefficient (Wildman–Crippen LogP) is 3.03. The van der Waals surface area contributed by atoms with Crippen molar-refractivity contribution in [3.8, 4) is 0 Å². The van der Waals surface area contributed by atoms with E-state index in [9.17, 15) is 0 Å². The second kappa shape index (κ2) is 5.83. The van der Waals surface area contributed by atoms with Crippen LogP contribution in [0.15, 0.2) is 5.38 Å². The lowest BCUT2D eigenvalue weighted by molar-refractivity contribution is 0.215. The molecule has 0 bridgehead atoms. The van der Waals surface area contributed by atoms with Crippen molar-refractivity contribution in [2.24, 2.45) is 11.1 Å². The topological polar surface area (TPSA) is 50.9 Å². The molecule has 96 valence electrons. The molecule has 3 N–H and O–H groups in total. The van der Waals surface area contributed by atoms with Gasteiger partial charge in [0.2, 0.25) is 0 Å². The van der Waals surface area contributed by atoms with Crippen molar-refractivity contribution in [2.75, 3.05) is 18.4 Å². The van der Waals surface area contributed by atoms with Crippen LogP contribution in [0.2, 0.25) is 0 Å². The molecule has 1 heterocycles. The molecular formula is C13H23N3S. The van der Waals surface area contributed by atoms with Crippen LogP contribution >= 0.6 is 11.3 Å². The summed E-state index contributed by atoms with van der Waals surface area (Å²) in [5.41, 5.74) is 7.48. The lowest BCUT2D eigenvalue weighted by atomic mass is 9.74. The third kappa shape index (κ3) is 3.19. The highest BCUT2D eigenvalue weighted by Crippen LogP contribution is 2.35. The summed E-state index contributed by atoms with van der Waals surface area (Å²) in [5.74, 6) is 0. The van der Waals surface area contributed by atoms with Gasteiger partial charge < -0.3 is 11.1 Å². The molecule has 2 rings (SSSR count). The summed E-state index contributed by atoms with van der Waals surface area (Å²) in [6.07, 6.45) is 7.58. The van der Waals surface area contributed by atoms with Crippen molar-refractivity contribution >= 4 is 16.5 Å². The van der Waals surface area contributed by atoms with E-state index in [0.717, 1.165) is 24.6 Å². The fourth-order valence-electron chi connectivity index (χ4n) is 2.57. The summed E-state index contributed by atoms with van der Waals surface area (Å²) in [5, 5.41) is 6.68. The summed E-state index contributed by atoms with van der Waals surface area (Å²) >= 11 is 1.71. The minimum absolute atomic E-state index is 0.316. The molecular weight excluding hydrogens is 230 g/mol. The van der Waals surface area contributed by atoms with Gasteiger partial charge in [-0.25, -0.2) is 4.98 Å². The van der Waals surface area contributed by atoms with Crippen LogP contribution < -0.4 is 11.1 Å². The average Bonchev–Trinajstić information content (AvgIpc) is 2.85. The van der Waals surface area contributed by atoms with Crippen LogP contribution in [-0.4, -0.2) is 18.1 Å². The van der Waals surface area contributed by atoms with E-state index in [-0.39, 0.29) is 0 Å². The number of rotatable bonds is 5. The van der Waals surface area contributed by atoms with E-state index in [1.807, 2.05) is 0 Å². The maximum absolute atomic E-state index is 5.98. The van der Waals surface area contributed by atoms with Crippen molar-refractivity contribution in [1.82, 2.24) is 4.98 Å². The van der Waals surface area contributed by atoms with E-state index in [4.69, 9.17) is 5.73 Å². The summed E-state index contributed by atoms with van der Waals surface area (Å²) < 4.78 is 0. The summed E-state index contributed by atoms with van der Waals surface area (Å²) in [6.45, 7) is 3.92. The first-order valence-corrected chi connectivity index (χ1v) is 7.54. The summed E-state index contributed by atoms with van der Waals surface area (Å²) in [7, 11) is 0. The lowest BCUT2D eigenvalue weighted by Gasteiger charge is -2.36. The molecule has 0 aliphatic heterocycles. The molecule has 4 heteroatoms. The van der Waals surface area contributed by atoms with E-state index >= 15 is 0 Å². The van der Waals surface area contributed by atoms with E-state index < -0.39 is 0 Å². The lowest BCUT2D eigenvalue weighted by Crippen LogP contribution is -2.39. The zero-order chi connectivity index (χ0) is 12.1. The Balaban J connectivity index is 1.90. The van der Waals surface area contributed by atoms with Gasteiger partial charge in [-0.2, -0.15) is 0 Å². The smallest absolute Gasteiger partial charge is 0.182 e. The van der Waals surface area contributed by atoms with Crippen LogP contribution in [0.1, 0.15) is 44.7 Å². The van der Waals surface area contributed by atoms with Gasteiger partial charge in [0.1, 0.15) is 0 Å². The molecule has 1 aliphatic carbocycles. The van der Waals surface area contributed by atoms with Crippen molar-refractivity contribution in [3.05, 3.63) is 11.1 Å². The molecule has 1 aromatic heterocycles. The maximum atomic E-state index is 5.98. The Labute approximate surface area is 108 Å². The number of hydrogen-bond acceptors (Lipinski definition) is 4. The van der Waals surface area contributed by atoms with Gasteiger partial charge >= 0.3 is 0 Å². The molecule has 3 nitrogen and oxygen atoms in total. The molecule has 0 aromatic carbocycles. The van der Waals surface area contributed by atoms with Crippen LogP contribution in [0.3, 0.4) is 0 Å². The van der Waals surface area contributed by atoms with Crippen LogP contribution in [0.5, 0.6) is 0 Å². The first kappa shape index (κ1) is 12.8. The first-order chi connectivity index (χ1) is 8.28. The zero-order valence-corrected chi connectivity index (χ0v) is 11.5. The second-order valence-electron chi connectivity index (χ2n) is 5.12. The van der Waals surface area contributed by atoms with Crippen LogP contribution in [0, 0.1) is 5.41 Å². The molecule has 0 atom stereocenters. The van der Waals surface area contributed by atoms with Gasteiger partial charge in [0.05, 0.1) is 5.69 Å². The fraction of sp³-hybridized carbons (Fsp3) is 0.769. The highest BCUT2D eigenvalue weighted by molar-refractivity contribution is 7.13. The average molecular weight is 253 g/mol. The molecule has 1 saturated carbocycles. The Morgan fingerprint density at radius 1 is 1.41 bits per heavy atom. The number of nitrogens with zero attached hydrogens (tertiary/aromatic N) is 1. The Hall–Kier alpha value is -0.610. The highest BCUT2D eigenvalue weighted by atomic mass is 32.1. The molecule has 17 heavy (non-hydrogen) atoms. The zero-order valence-electron chi connectivity index (χ0n) is 10.7. The van der Waals surface area contributed by atoms with E-state index in [0.29, 0.717) is 5.41 Å². The Morgan fingerprint density at radius 2 is 2.18 bits per heavy atom. The molecule has 0 saturated heterocycles. The quantitative estimate of drug-likeness (QED) is 0.848. The van der Waals surface area contributed by atoms with Crippen LogP contribution in [0.25, 0.3) is 0 Å². The fourth-order valence-corrected chi connectivity index (χ4v) is 3.36. The Kier molecular flexibility index (Phi) is 4.40. The normalized spacial score (nSPS) is 19.2. The van der Waals surface area contributed by atoms with Crippen molar-refractivity contribution in [3.63, 3.8) is 0 Å². The van der Waals surface area contributed by atoms with Crippen molar-refractivity contribution in [1.29, 1.82) is 0 Å². The largest absolute Gasteiger partial charge is 0.361 e. The van der Waals surface area contributed by atoms with E-state index in [1.165, 1.54) is 37.8 Å². The molecule has 1 aliphatic rings. The predicted molar refractivity (Wildman–Crippen MR) is 74.6 cm³/mol. The Bertz CT molecular complexity index is 342. The van der Waals surface area contributed by atoms with Crippen LogP contribution in [0.4, 0.5) is 5.13 Å². The van der Waals surface area contributed by atoms with E-state index in [2.05, 4.69) is 22.6 Å². The number of nitrogens with one attached hydrogen (secondary N) is 1. The third-order valence-electron chi connectivity index (χ3n) is 3.88.